The number of nitrogens with one attached hydrogen (secondary N) is 1. The Labute approximate surface area is 115 Å². The summed E-state index contributed by atoms with van der Waals surface area (Å²) in [6.45, 7) is 8.35. The van der Waals surface area contributed by atoms with Crippen molar-refractivity contribution in [2.24, 2.45) is 0 Å². The zero-order valence-electron chi connectivity index (χ0n) is 12.1. The molecule has 0 aliphatic heterocycles. The van der Waals surface area contributed by atoms with Crippen LogP contribution >= 0.6 is 0 Å². The number of rotatable bonds is 6. The van der Waals surface area contributed by atoms with E-state index in [4.69, 9.17) is 0 Å². The molecule has 0 spiro atoms. The summed E-state index contributed by atoms with van der Waals surface area (Å²) in [4.78, 5) is 4.36. The molecule has 0 saturated heterocycles. The first-order valence-electron chi connectivity index (χ1n) is 7.08. The maximum atomic E-state index is 4.36. The van der Waals surface area contributed by atoms with E-state index in [0.29, 0.717) is 5.92 Å². The van der Waals surface area contributed by atoms with Gasteiger partial charge in [0.25, 0.3) is 0 Å². The average molecular weight is 257 g/mol. The van der Waals surface area contributed by atoms with E-state index in [1.54, 1.807) is 0 Å². The molecule has 0 amide bonds. The Morgan fingerprint density at radius 2 is 1.95 bits per heavy atom. The first-order valence-corrected chi connectivity index (χ1v) is 7.08. The SMILES string of the molecule is CCC(C)c1ccc(NCc2nccn2CC)cc1. The van der Waals surface area contributed by atoms with Crippen LogP contribution in [0.3, 0.4) is 0 Å². The zero-order valence-corrected chi connectivity index (χ0v) is 12.1. The summed E-state index contributed by atoms with van der Waals surface area (Å²) in [5.74, 6) is 1.71. The molecule has 0 fully saturated rings. The van der Waals surface area contributed by atoms with Crippen molar-refractivity contribution >= 4 is 5.69 Å². The minimum atomic E-state index is 0.632. The molecule has 1 N–H and O–H groups in total. The van der Waals surface area contributed by atoms with Crippen LogP contribution in [0.2, 0.25) is 0 Å². The lowest BCUT2D eigenvalue weighted by molar-refractivity contribution is 0.708. The summed E-state index contributed by atoms with van der Waals surface area (Å²) >= 11 is 0. The van der Waals surface area contributed by atoms with Crippen LogP contribution in [0.1, 0.15) is 44.5 Å². The second kappa shape index (κ2) is 6.41. The van der Waals surface area contributed by atoms with Gasteiger partial charge in [0.15, 0.2) is 0 Å². The number of hydrogen-bond acceptors (Lipinski definition) is 2. The third-order valence-electron chi connectivity index (χ3n) is 3.69. The molecule has 0 saturated carbocycles. The van der Waals surface area contributed by atoms with E-state index < -0.39 is 0 Å². The Morgan fingerprint density at radius 1 is 1.21 bits per heavy atom. The second-order valence-electron chi connectivity index (χ2n) is 4.91. The smallest absolute Gasteiger partial charge is 0.128 e. The van der Waals surface area contributed by atoms with Crippen LogP contribution in [0, 0.1) is 0 Å². The van der Waals surface area contributed by atoms with E-state index in [9.17, 15) is 0 Å². The van der Waals surface area contributed by atoms with E-state index in [1.165, 1.54) is 12.0 Å². The summed E-state index contributed by atoms with van der Waals surface area (Å²) in [6.07, 6.45) is 5.05. The fraction of sp³-hybridized carbons (Fsp3) is 0.438. The van der Waals surface area contributed by atoms with Crippen LogP contribution in [0.15, 0.2) is 36.7 Å². The molecule has 1 aromatic heterocycles. The number of aromatic nitrogens is 2. The van der Waals surface area contributed by atoms with Crippen LogP contribution in [0.4, 0.5) is 5.69 Å². The Hall–Kier alpha value is -1.77. The maximum absolute atomic E-state index is 4.36. The summed E-state index contributed by atoms with van der Waals surface area (Å²) < 4.78 is 2.15. The van der Waals surface area contributed by atoms with Crippen LogP contribution in [0.5, 0.6) is 0 Å². The molecule has 1 unspecified atom stereocenters. The number of hydrogen-bond donors (Lipinski definition) is 1. The van der Waals surface area contributed by atoms with E-state index in [2.05, 4.69) is 59.9 Å². The van der Waals surface area contributed by atoms with E-state index in [1.807, 2.05) is 12.4 Å². The van der Waals surface area contributed by atoms with Gasteiger partial charge in [0.1, 0.15) is 5.82 Å². The van der Waals surface area contributed by atoms with Crippen LogP contribution < -0.4 is 5.32 Å². The van der Waals surface area contributed by atoms with Crippen LogP contribution in [0.25, 0.3) is 0 Å². The quantitative estimate of drug-likeness (QED) is 0.846. The highest BCUT2D eigenvalue weighted by atomic mass is 15.1. The van der Waals surface area contributed by atoms with Gasteiger partial charge in [-0.1, -0.05) is 26.0 Å². The number of nitrogens with zero attached hydrogens (tertiary/aromatic N) is 2. The lowest BCUT2D eigenvalue weighted by Crippen LogP contribution is -2.07. The van der Waals surface area contributed by atoms with Gasteiger partial charge in [-0.15, -0.1) is 0 Å². The zero-order chi connectivity index (χ0) is 13.7. The first kappa shape index (κ1) is 13.7. The Bertz CT molecular complexity index is 499. The number of anilines is 1. The van der Waals surface area contributed by atoms with Gasteiger partial charge in [-0.2, -0.15) is 0 Å². The van der Waals surface area contributed by atoms with Crippen LogP contribution in [-0.2, 0) is 13.1 Å². The predicted molar refractivity (Wildman–Crippen MR) is 80.4 cm³/mol. The van der Waals surface area contributed by atoms with Crippen LogP contribution in [-0.4, -0.2) is 9.55 Å². The minimum absolute atomic E-state index is 0.632. The Balaban J connectivity index is 1.96. The molecule has 2 rings (SSSR count). The molecule has 0 bridgehead atoms. The van der Waals surface area contributed by atoms with E-state index in [0.717, 1.165) is 24.6 Å². The highest BCUT2D eigenvalue weighted by molar-refractivity contribution is 5.45. The lowest BCUT2D eigenvalue weighted by Gasteiger charge is -2.11. The molecule has 0 aliphatic carbocycles. The van der Waals surface area contributed by atoms with E-state index >= 15 is 0 Å². The molecule has 0 radical (unpaired) electrons. The standard InChI is InChI=1S/C16H23N3/c1-4-13(3)14-6-8-15(9-7-14)18-12-16-17-10-11-19(16)5-2/h6-11,13,18H,4-5,12H2,1-3H3. The van der Waals surface area contributed by atoms with Crippen molar-refractivity contribution in [2.75, 3.05) is 5.32 Å². The molecule has 19 heavy (non-hydrogen) atoms. The van der Waals surface area contributed by atoms with Crippen molar-refractivity contribution in [3.8, 4) is 0 Å². The van der Waals surface area contributed by atoms with Gasteiger partial charge in [0, 0.05) is 24.6 Å². The third kappa shape index (κ3) is 3.37. The first-order chi connectivity index (χ1) is 9.24. The molecule has 1 atom stereocenters. The largest absolute Gasteiger partial charge is 0.378 e. The lowest BCUT2D eigenvalue weighted by atomic mass is 9.99. The number of benzene rings is 1. The third-order valence-corrected chi connectivity index (χ3v) is 3.69. The van der Waals surface area contributed by atoms with Crippen molar-refractivity contribution in [3.05, 3.63) is 48.0 Å². The molecular formula is C16H23N3. The number of aryl methyl sites for hydroxylation is 1. The molecule has 102 valence electrons. The van der Waals surface area contributed by atoms with Crippen molar-refractivity contribution in [2.45, 2.75) is 46.2 Å². The van der Waals surface area contributed by atoms with Crippen molar-refractivity contribution in [1.29, 1.82) is 0 Å². The molecule has 2 aromatic rings. The molecular weight excluding hydrogens is 234 g/mol. The molecule has 1 aromatic carbocycles. The van der Waals surface area contributed by atoms with Gasteiger partial charge in [-0.3, -0.25) is 0 Å². The molecule has 0 aliphatic rings. The summed E-state index contributed by atoms with van der Waals surface area (Å²) in [5.41, 5.74) is 2.56. The van der Waals surface area contributed by atoms with Crippen molar-refractivity contribution in [1.82, 2.24) is 9.55 Å². The normalized spacial score (nSPS) is 12.4. The Morgan fingerprint density at radius 3 is 2.58 bits per heavy atom. The number of imidazole rings is 1. The highest BCUT2D eigenvalue weighted by Gasteiger charge is 2.03. The molecule has 1 heterocycles. The van der Waals surface area contributed by atoms with E-state index in [-0.39, 0.29) is 0 Å². The van der Waals surface area contributed by atoms with Gasteiger partial charge < -0.3 is 9.88 Å². The Kier molecular flexibility index (Phi) is 4.61. The van der Waals surface area contributed by atoms with Gasteiger partial charge in [-0.25, -0.2) is 4.98 Å². The summed E-state index contributed by atoms with van der Waals surface area (Å²) in [6, 6.07) is 8.73. The minimum Gasteiger partial charge on any atom is -0.378 e. The monoisotopic (exact) mass is 257 g/mol. The molecule has 3 nitrogen and oxygen atoms in total. The summed E-state index contributed by atoms with van der Waals surface area (Å²) in [5, 5.41) is 3.42. The predicted octanol–water partition coefficient (Wildman–Crippen LogP) is 4.03. The van der Waals surface area contributed by atoms with Gasteiger partial charge in [0.05, 0.1) is 6.54 Å². The second-order valence-corrected chi connectivity index (χ2v) is 4.91. The van der Waals surface area contributed by atoms with Gasteiger partial charge in [-0.05, 0) is 37.0 Å². The van der Waals surface area contributed by atoms with Crippen molar-refractivity contribution in [3.63, 3.8) is 0 Å². The maximum Gasteiger partial charge on any atom is 0.128 e. The van der Waals surface area contributed by atoms with Crippen molar-refractivity contribution < 1.29 is 0 Å². The fourth-order valence-electron chi connectivity index (χ4n) is 2.14. The highest BCUT2D eigenvalue weighted by Crippen LogP contribution is 2.20. The fourth-order valence-corrected chi connectivity index (χ4v) is 2.14. The van der Waals surface area contributed by atoms with Gasteiger partial charge in [0.2, 0.25) is 0 Å². The summed E-state index contributed by atoms with van der Waals surface area (Å²) in [7, 11) is 0. The topological polar surface area (TPSA) is 29.9 Å². The molecule has 3 heteroatoms. The van der Waals surface area contributed by atoms with Gasteiger partial charge >= 0.3 is 0 Å². The average Bonchev–Trinajstić information content (AvgIpc) is 2.92.